The van der Waals surface area contributed by atoms with Crippen LogP contribution in [0.25, 0.3) is 0 Å². The number of carbonyl (C=O) groups excluding carboxylic acids is 3. The highest BCUT2D eigenvalue weighted by atomic mass is 16.2. The number of unbranched alkanes of at least 4 members (excludes halogenated alkanes) is 1. The van der Waals surface area contributed by atoms with Gasteiger partial charge in [-0.1, -0.05) is 19.4 Å². The number of carbonyl (C=O) groups is 3. The molecule has 0 unspecified atom stereocenters. The maximum atomic E-state index is 12.5. The second kappa shape index (κ2) is 8.47. The molecule has 0 aliphatic rings. The first-order valence-electron chi connectivity index (χ1n) is 8.13. The van der Waals surface area contributed by atoms with Crippen molar-refractivity contribution in [2.45, 2.75) is 40.5 Å². The topological polar surface area (TPSA) is 78.5 Å². The SMILES string of the molecule is CCCCN(C)C(=O)C(C)(C)C(=O)Nc1cccc(NC(C)=O)c1. The summed E-state index contributed by atoms with van der Waals surface area (Å²) in [6, 6.07) is 6.82. The van der Waals surface area contributed by atoms with Crippen LogP contribution >= 0.6 is 0 Å². The smallest absolute Gasteiger partial charge is 0.239 e. The summed E-state index contributed by atoms with van der Waals surface area (Å²) in [5.41, 5.74) is -0.0557. The number of hydrogen-bond donors (Lipinski definition) is 2. The van der Waals surface area contributed by atoms with Gasteiger partial charge in [0.25, 0.3) is 0 Å². The lowest BCUT2D eigenvalue weighted by molar-refractivity contribution is -0.145. The predicted octanol–water partition coefficient (Wildman–Crippen LogP) is 2.87. The standard InChI is InChI=1S/C18H27N3O3/c1-6-7-11-21(5)17(24)18(3,4)16(23)20-15-10-8-9-14(12-15)19-13(2)22/h8-10,12H,6-7,11H2,1-5H3,(H,19,22)(H,20,23). The van der Waals surface area contributed by atoms with Crippen LogP contribution in [-0.2, 0) is 14.4 Å². The van der Waals surface area contributed by atoms with E-state index in [1.165, 1.54) is 6.92 Å². The molecule has 0 radical (unpaired) electrons. The van der Waals surface area contributed by atoms with E-state index >= 15 is 0 Å². The minimum atomic E-state index is -1.17. The Bertz CT molecular complexity index is 611. The summed E-state index contributed by atoms with van der Waals surface area (Å²) in [7, 11) is 1.71. The third-order valence-electron chi connectivity index (χ3n) is 3.74. The summed E-state index contributed by atoms with van der Waals surface area (Å²) >= 11 is 0. The van der Waals surface area contributed by atoms with Crippen LogP contribution in [0, 0.1) is 5.41 Å². The molecular formula is C18H27N3O3. The second-order valence-corrected chi connectivity index (χ2v) is 6.42. The maximum Gasteiger partial charge on any atom is 0.239 e. The van der Waals surface area contributed by atoms with Gasteiger partial charge in [0.15, 0.2) is 0 Å². The molecule has 6 nitrogen and oxygen atoms in total. The van der Waals surface area contributed by atoms with E-state index in [2.05, 4.69) is 17.6 Å². The molecule has 0 spiro atoms. The summed E-state index contributed by atoms with van der Waals surface area (Å²) in [5.74, 6) is -0.783. The fraction of sp³-hybridized carbons (Fsp3) is 0.500. The lowest BCUT2D eigenvalue weighted by atomic mass is 9.90. The Labute approximate surface area is 143 Å². The van der Waals surface area contributed by atoms with Gasteiger partial charge in [0.1, 0.15) is 5.41 Å². The van der Waals surface area contributed by atoms with Gasteiger partial charge < -0.3 is 15.5 Å². The lowest BCUT2D eigenvalue weighted by Gasteiger charge is -2.28. The third kappa shape index (κ3) is 5.37. The monoisotopic (exact) mass is 333 g/mol. The van der Waals surface area contributed by atoms with Crippen molar-refractivity contribution in [3.63, 3.8) is 0 Å². The summed E-state index contributed by atoms with van der Waals surface area (Å²) in [6.45, 7) is 7.33. The maximum absolute atomic E-state index is 12.5. The molecule has 0 atom stereocenters. The third-order valence-corrected chi connectivity index (χ3v) is 3.74. The number of hydrogen-bond acceptors (Lipinski definition) is 3. The van der Waals surface area contributed by atoms with E-state index in [4.69, 9.17) is 0 Å². The highest BCUT2D eigenvalue weighted by Crippen LogP contribution is 2.23. The van der Waals surface area contributed by atoms with Crippen LogP contribution in [0.5, 0.6) is 0 Å². The van der Waals surface area contributed by atoms with E-state index in [9.17, 15) is 14.4 Å². The van der Waals surface area contributed by atoms with Gasteiger partial charge in [-0.25, -0.2) is 0 Å². The quantitative estimate of drug-likeness (QED) is 0.753. The largest absolute Gasteiger partial charge is 0.345 e. The zero-order valence-electron chi connectivity index (χ0n) is 15.1. The van der Waals surface area contributed by atoms with E-state index in [-0.39, 0.29) is 17.7 Å². The van der Waals surface area contributed by atoms with Crippen molar-refractivity contribution in [1.29, 1.82) is 0 Å². The summed E-state index contributed by atoms with van der Waals surface area (Å²) in [4.78, 5) is 37.8. The first-order chi connectivity index (χ1) is 11.2. The van der Waals surface area contributed by atoms with Gasteiger partial charge in [0, 0.05) is 31.9 Å². The van der Waals surface area contributed by atoms with Crippen molar-refractivity contribution < 1.29 is 14.4 Å². The van der Waals surface area contributed by atoms with Crippen LogP contribution < -0.4 is 10.6 Å². The van der Waals surface area contributed by atoms with Crippen LogP contribution in [0.2, 0.25) is 0 Å². The normalized spacial score (nSPS) is 10.9. The molecule has 0 saturated carbocycles. The predicted molar refractivity (Wildman–Crippen MR) is 95.7 cm³/mol. The first-order valence-corrected chi connectivity index (χ1v) is 8.13. The van der Waals surface area contributed by atoms with Gasteiger partial charge in [-0.15, -0.1) is 0 Å². The molecule has 0 aliphatic carbocycles. The fourth-order valence-corrected chi connectivity index (χ4v) is 2.24. The molecule has 2 N–H and O–H groups in total. The number of amides is 3. The van der Waals surface area contributed by atoms with Gasteiger partial charge in [-0.05, 0) is 38.5 Å². The van der Waals surface area contributed by atoms with Gasteiger partial charge in [0.2, 0.25) is 17.7 Å². The Morgan fingerprint density at radius 1 is 1.12 bits per heavy atom. The molecule has 0 bridgehead atoms. The molecule has 132 valence electrons. The van der Waals surface area contributed by atoms with Crippen molar-refractivity contribution in [2.75, 3.05) is 24.2 Å². The van der Waals surface area contributed by atoms with Crippen LogP contribution in [-0.4, -0.2) is 36.2 Å². The van der Waals surface area contributed by atoms with Crippen molar-refractivity contribution >= 4 is 29.1 Å². The molecule has 24 heavy (non-hydrogen) atoms. The number of rotatable bonds is 7. The summed E-state index contributed by atoms with van der Waals surface area (Å²) < 4.78 is 0. The van der Waals surface area contributed by atoms with Gasteiger partial charge in [-0.3, -0.25) is 14.4 Å². The number of nitrogens with zero attached hydrogens (tertiary/aromatic N) is 1. The molecule has 0 heterocycles. The highest BCUT2D eigenvalue weighted by molar-refractivity contribution is 6.10. The first kappa shape index (κ1) is 19.7. The second-order valence-electron chi connectivity index (χ2n) is 6.42. The minimum absolute atomic E-state index is 0.188. The van der Waals surface area contributed by atoms with E-state index < -0.39 is 5.41 Å². The Hall–Kier alpha value is -2.37. The summed E-state index contributed by atoms with van der Waals surface area (Å²) in [6.07, 6.45) is 1.89. The number of benzene rings is 1. The van der Waals surface area contributed by atoms with E-state index in [1.807, 2.05) is 0 Å². The van der Waals surface area contributed by atoms with Crippen molar-refractivity contribution in [3.8, 4) is 0 Å². The molecule has 0 saturated heterocycles. The average Bonchev–Trinajstić information content (AvgIpc) is 2.51. The molecule has 0 fully saturated rings. The molecule has 6 heteroatoms. The van der Waals surface area contributed by atoms with Crippen LogP contribution in [0.4, 0.5) is 11.4 Å². The van der Waals surface area contributed by atoms with Gasteiger partial charge in [0.05, 0.1) is 0 Å². The van der Waals surface area contributed by atoms with Crippen LogP contribution in [0.1, 0.15) is 40.5 Å². The Kier molecular flexibility index (Phi) is 6.95. The molecule has 3 amide bonds. The van der Waals surface area contributed by atoms with Gasteiger partial charge >= 0.3 is 0 Å². The Morgan fingerprint density at radius 3 is 2.25 bits per heavy atom. The molecule has 1 aromatic carbocycles. The summed E-state index contributed by atoms with van der Waals surface area (Å²) in [5, 5.41) is 5.41. The molecular weight excluding hydrogens is 306 g/mol. The van der Waals surface area contributed by atoms with Crippen molar-refractivity contribution in [1.82, 2.24) is 4.90 Å². The molecule has 1 rings (SSSR count). The molecule has 0 aliphatic heterocycles. The van der Waals surface area contributed by atoms with Gasteiger partial charge in [-0.2, -0.15) is 0 Å². The van der Waals surface area contributed by atoms with E-state index in [0.717, 1.165) is 12.8 Å². The number of anilines is 2. The zero-order chi connectivity index (χ0) is 18.3. The average molecular weight is 333 g/mol. The lowest BCUT2D eigenvalue weighted by Crippen LogP contribution is -2.46. The molecule has 0 aromatic heterocycles. The van der Waals surface area contributed by atoms with Crippen LogP contribution in [0.3, 0.4) is 0 Å². The molecule has 1 aromatic rings. The van der Waals surface area contributed by atoms with Crippen molar-refractivity contribution in [2.24, 2.45) is 5.41 Å². The number of nitrogens with one attached hydrogen (secondary N) is 2. The fourth-order valence-electron chi connectivity index (χ4n) is 2.24. The van der Waals surface area contributed by atoms with Crippen LogP contribution in [0.15, 0.2) is 24.3 Å². The van der Waals surface area contributed by atoms with E-state index in [0.29, 0.717) is 17.9 Å². The highest BCUT2D eigenvalue weighted by Gasteiger charge is 2.38. The Morgan fingerprint density at radius 2 is 1.71 bits per heavy atom. The van der Waals surface area contributed by atoms with E-state index in [1.54, 1.807) is 50.1 Å². The Balaban J connectivity index is 2.81. The van der Waals surface area contributed by atoms with Crippen molar-refractivity contribution in [3.05, 3.63) is 24.3 Å². The minimum Gasteiger partial charge on any atom is -0.345 e. The zero-order valence-corrected chi connectivity index (χ0v) is 15.1.